The summed E-state index contributed by atoms with van der Waals surface area (Å²) in [4.78, 5) is 0. The lowest BCUT2D eigenvalue weighted by Crippen LogP contribution is -2.14. The molecule has 0 unspecified atom stereocenters. The van der Waals surface area contributed by atoms with Crippen LogP contribution in [-0.2, 0) is 6.54 Å². The number of benzene rings is 2. The van der Waals surface area contributed by atoms with Gasteiger partial charge in [-0.3, -0.25) is 0 Å². The van der Waals surface area contributed by atoms with E-state index in [1.165, 1.54) is 0 Å². The number of rotatable bonds is 6. The summed E-state index contributed by atoms with van der Waals surface area (Å²) in [5.74, 6) is 1.25. The first-order chi connectivity index (χ1) is 10.1. The maximum atomic E-state index is 6.15. The number of nitrogens with one attached hydrogen (secondary N) is 1. The van der Waals surface area contributed by atoms with E-state index in [4.69, 9.17) is 39.5 Å². The lowest BCUT2D eigenvalue weighted by molar-refractivity contribution is 0.473. The van der Waals surface area contributed by atoms with Gasteiger partial charge in [0.1, 0.15) is 11.5 Å². The van der Waals surface area contributed by atoms with Crippen LogP contribution < -0.4 is 10.1 Å². The lowest BCUT2D eigenvalue weighted by Gasteiger charge is -2.13. The molecule has 112 valence electrons. The fourth-order valence-electron chi connectivity index (χ4n) is 1.85. The van der Waals surface area contributed by atoms with Gasteiger partial charge in [-0.15, -0.1) is 0 Å². The summed E-state index contributed by atoms with van der Waals surface area (Å²) >= 11 is 18.1. The average molecular weight is 345 g/mol. The molecule has 0 aliphatic heterocycles. The van der Waals surface area contributed by atoms with E-state index in [2.05, 4.69) is 12.2 Å². The zero-order chi connectivity index (χ0) is 15.2. The molecule has 2 rings (SSSR count). The second-order valence-corrected chi connectivity index (χ2v) is 5.80. The molecule has 0 aliphatic rings. The van der Waals surface area contributed by atoms with Gasteiger partial charge in [0, 0.05) is 18.2 Å². The fourth-order valence-corrected chi connectivity index (χ4v) is 2.43. The first-order valence-corrected chi connectivity index (χ1v) is 7.86. The highest BCUT2D eigenvalue weighted by molar-refractivity contribution is 6.43. The average Bonchev–Trinajstić information content (AvgIpc) is 2.47. The van der Waals surface area contributed by atoms with Gasteiger partial charge in [-0.05, 0) is 25.1 Å². The van der Waals surface area contributed by atoms with Gasteiger partial charge in [0.15, 0.2) is 0 Å². The Hall–Kier alpha value is -0.930. The van der Waals surface area contributed by atoms with E-state index in [0.29, 0.717) is 20.8 Å². The zero-order valence-corrected chi connectivity index (χ0v) is 13.9. The third-order valence-corrected chi connectivity index (χ3v) is 3.93. The van der Waals surface area contributed by atoms with Gasteiger partial charge in [-0.25, -0.2) is 0 Å². The first kappa shape index (κ1) is 16.4. The Balaban J connectivity index is 2.21. The molecule has 21 heavy (non-hydrogen) atoms. The van der Waals surface area contributed by atoms with Gasteiger partial charge in [0.05, 0.1) is 15.1 Å². The molecular formula is C16H16Cl3NO. The van der Waals surface area contributed by atoms with E-state index in [9.17, 15) is 0 Å². The first-order valence-electron chi connectivity index (χ1n) is 6.73. The molecule has 0 aromatic heterocycles. The number of halogens is 3. The minimum atomic E-state index is 0.409. The van der Waals surface area contributed by atoms with Crippen LogP contribution in [-0.4, -0.2) is 6.54 Å². The smallest absolute Gasteiger partial charge is 0.147 e. The molecule has 1 N–H and O–H groups in total. The van der Waals surface area contributed by atoms with Crippen LogP contribution in [0.3, 0.4) is 0 Å². The largest absolute Gasteiger partial charge is 0.455 e. The zero-order valence-electron chi connectivity index (χ0n) is 11.6. The molecular weight excluding hydrogens is 329 g/mol. The highest BCUT2D eigenvalue weighted by atomic mass is 35.5. The molecule has 0 radical (unpaired) electrons. The Bertz CT molecular complexity index is 616. The molecule has 2 aromatic carbocycles. The summed E-state index contributed by atoms with van der Waals surface area (Å²) < 4.78 is 5.89. The van der Waals surface area contributed by atoms with Crippen molar-refractivity contribution in [1.29, 1.82) is 0 Å². The third-order valence-electron chi connectivity index (χ3n) is 2.91. The van der Waals surface area contributed by atoms with Crippen LogP contribution >= 0.6 is 34.8 Å². The van der Waals surface area contributed by atoms with Gasteiger partial charge in [0.2, 0.25) is 0 Å². The molecule has 0 spiro atoms. The Morgan fingerprint density at radius 3 is 2.43 bits per heavy atom. The van der Waals surface area contributed by atoms with Crippen molar-refractivity contribution in [2.24, 2.45) is 0 Å². The Kier molecular flexibility index (Phi) is 6.19. The molecule has 5 heteroatoms. The van der Waals surface area contributed by atoms with Gasteiger partial charge in [0.25, 0.3) is 0 Å². The molecule has 2 aromatic rings. The summed E-state index contributed by atoms with van der Waals surface area (Å²) in [6, 6.07) is 11.0. The summed E-state index contributed by atoms with van der Waals surface area (Å²) in [7, 11) is 0. The van der Waals surface area contributed by atoms with Crippen molar-refractivity contribution >= 4 is 34.8 Å². The standard InChI is InChI=1S/C16H16Cl3NO/c1-2-7-20-10-11-5-3-4-6-15(11)21-16-9-13(18)12(17)8-14(16)19/h3-6,8-9,20H,2,7,10H2,1H3. The molecule has 0 amide bonds. The van der Waals surface area contributed by atoms with Crippen LogP contribution in [0.1, 0.15) is 18.9 Å². The fraction of sp³-hybridized carbons (Fsp3) is 0.250. The molecule has 0 saturated heterocycles. The van der Waals surface area contributed by atoms with Crippen molar-refractivity contribution < 1.29 is 4.74 Å². The van der Waals surface area contributed by atoms with E-state index in [1.807, 2.05) is 24.3 Å². The molecule has 0 bridgehead atoms. The maximum absolute atomic E-state index is 6.15. The molecule has 0 heterocycles. The monoisotopic (exact) mass is 343 g/mol. The Labute approximate surface area is 140 Å². The Morgan fingerprint density at radius 2 is 1.67 bits per heavy atom. The normalized spacial score (nSPS) is 10.7. The molecule has 0 fully saturated rings. The highest BCUT2D eigenvalue weighted by Crippen LogP contribution is 2.37. The van der Waals surface area contributed by atoms with Crippen molar-refractivity contribution in [1.82, 2.24) is 5.32 Å². The van der Waals surface area contributed by atoms with E-state index in [1.54, 1.807) is 12.1 Å². The minimum absolute atomic E-state index is 0.409. The molecule has 2 nitrogen and oxygen atoms in total. The molecule has 0 saturated carbocycles. The summed E-state index contributed by atoms with van der Waals surface area (Å²) in [5.41, 5.74) is 1.06. The summed E-state index contributed by atoms with van der Waals surface area (Å²) in [6.45, 7) is 3.83. The topological polar surface area (TPSA) is 21.3 Å². The van der Waals surface area contributed by atoms with Crippen LogP contribution in [0, 0.1) is 0 Å². The lowest BCUT2D eigenvalue weighted by atomic mass is 10.2. The van der Waals surface area contributed by atoms with Crippen LogP contribution in [0.4, 0.5) is 0 Å². The van der Waals surface area contributed by atoms with Crippen molar-refractivity contribution in [2.75, 3.05) is 6.54 Å². The Morgan fingerprint density at radius 1 is 0.952 bits per heavy atom. The third kappa shape index (κ3) is 4.52. The highest BCUT2D eigenvalue weighted by Gasteiger charge is 2.10. The van der Waals surface area contributed by atoms with E-state index >= 15 is 0 Å². The summed E-state index contributed by atoms with van der Waals surface area (Å²) in [5, 5.41) is 4.61. The minimum Gasteiger partial charge on any atom is -0.455 e. The van der Waals surface area contributed by atoms with E-state index < -0.39 is 0 Å². The summed E-state index contributed by atoms with van der Waals surface area (Å²) in [6.07, 6.45) is 1.08. The predicted octanol–water partition coefficient (Wildman–Crippen LogP) is 5.94. The van der Waals surface area contributed by atoms with Gasteiger partial charge >= 0.3 is 0 Å². The maximum Gasteiger partial charge on any atom is 0.147 e. The number of hydrogen-bond acceptors (Lipinski definition) is 2. The van der Waals surface area contributed by atoms with Crippen LogP contribution in [0.5, 0.6) is 11.5 Å². The van der Waals surface area contributed by atoms with Crippen molar-refractivity contribution in [3.8, 4) is 11.5 Å². The second-order valence-electron chi connectivity index (χ2n) is 4.58. The SMILES string of the molecule is CCCNCc1ccccc1Oc1cc(Cl)c(Cl)cc1Cl. The number of hydrogen-bond donors (Lipinski definition) is 1. The molecule has 0 aliphatic carbocycles. The quantitative estimate of drug-likeness (QED) is 0.517. The van der Waals surface area contributed by atoms with Gasteiger partial charge in [-0.2, -0.15) is 0 Å². The van der Waals surface area contributed by atoms with Gasteiger partial charge in [-0.1, -0.05) is 59.9 Å². The van der Waals surface area contributed by atoms with Crippen molar-refractivity contribution in [2.45, 2.75) is 19.9 Å². The van der Waals surface area contributed by atoms with E-state index in [0.717, 1.165) is 30.8 Å². The van der Waals surface area contributed by atoms with Crippen molar-refractivity contribution in [3.63, 3.8) is 0 Å². The predicted molar refractivity (Wildman–Crippen MR) is 90.0 cm³/mol. The molecule has 0 atom stereocenters. The van der Waals surface area contributed by atoms with Crippen LogP contribution in [0.25, 0.3) is 0 Å². The van der Waals surface area contributed by atoms with Crippen LogP contribution in [0.15, 0.2) is 36.4 Å². The number of ether oxygens (including phenoxy) is 1. The second kappa shape index (κ2) is 7.90. The van der Waals surface area contributed by atoms with E-state index in [-0.39, 0.29) is 0 Å². The van der Waals surface area contributed by atoms with Crippen LogP contribution in [0.2, 0.25) is 15.1 Å². The number of para-hydroxylation sites is 1. The van der Waals surface area contributed by atoms with Gasteiger partial charge < -0.3 is 10.1 Å². The van der Waals surface area contributed by atoms with Crippen molar-refractivity contribution in [3.05, 3.63) is 57.0 Å².